The Morgan fingerprint density at radius 2 is 0.905 bits per heavy atom. The highest BCUT2D eigenvalue weighted by atomic mass is 35.5. The van der Waals surface area contributed by atoms with E-state index in [1.54, 1.807) is 0 Å². The Bertz CT molecular complexity index is 1980. The minimum absolute atomic E-state index is 0.388. The van der Waals surface area contributed by atoms with Gasteiger partial charge in [-0.25, -0.2) is 0 Å². The summed E-state index contributed by atoms with van der Waals surface area (Å²) in [7, 11) is -1.37. The van der Waals surface area contributed by atoms with Gasteiger partial charge in [-0.1, -0.05) is 146 Å². The van der Waals surface area contributed by atoms with Gasteiger partial charge in [0.25, 0.3) is 0 Å². The van der Waals surface area contributed by atoms with Gasteiger partial charge in [-0.3, -0.25) is 0 Å². The van der Waals surface area contributed by atoms with E-state index in [0.29, 0.717) is 0 Å². The van der Waals surface area contributed by atoms with Crippen molar-refractivity contribution in [2.24, 2.45) is 0 Å². The lowest BCUT2D eigenvalue weighted by Crippen LogP contribution is -2.37. The number of hydrogen-bond acceptors (Lipinski definition) is 0. The van der Waals surface area contributed by atoms with Gasteiger partial charge >= 0.3 is 0 Å². The molecule has 6 aromatic carbocycles. The quantitative estimate of drug-likeness (QED) is 0.184. The van der Waals surface area contributed by atoms with E-state index in [1.807, 2.05) is 12.1 Å². The van der Waals surface area contributed by atoms with E-state index >= 15 is 0 Å². The predicted octanol–water partition coefficient (Wildman–Crippen LogP) is 10.6. The summed E-state index contributed by atoms with van der Waals surface area (Å²) in [6.07, 6.45) is 0. The standard InChI is InChI=1S/C40H31ClSi/c1-42(2,3)31-19-15-26(16-20-31)28-17-21-34-35-22-18-29(27-9-8-10-30(41)23-27)25-39(35)40(38(34)24-28)36-13-6-4-11-32(36)33-12-5-7-14-37(33)40/h4-25H,1-3H3. The van der Waals surface area contributed by atoms with Crippen molar-refractivity contribution in [3.63, 3.8) is 0 Å². The van der Waals surface area contributed by atoms with Crippen molar-refractivity contribution in [1.29, 1.82) is 0 Å². The monoisotopic (exact) mass is 574 g/mol. The van der Waals surface area contributed by atoms with Crippen LogP contribution in [0.2, 0.25) is 24.7 Å². The first-order valence-corrected chi connectivity index (χ1v) is 18.6. The zero-order chi connectivity index (χ0) is 28.6. The first-order valence-electron chi connectivity index (χ1n) is 14.7. The molecule has 42 heavy (non-hydrogen) atoms. The number of halogens is 1. The van der Waals surface area contributed by atoms with Crippen molar-refractivity contribution in [3.05, 3.63) is 161 Å². The van der Waals surface area contributed by atoms with Gasteiger partial charge in [-0.2, -0.15) is 0 Å². The van der Waals surface area contributed by atoms with Gasteiger partial charge in [0.15, 0.2) is 0 Å². The van der Waals surface area contributed by atoms with Crippen LogP contribution in [-0.4, -0.2) is 8.07 Å². The molecule has 0 aliphatic heterocycles. The maximum Gasteiger partial charge on any atom is 0.0775 e. The predicted molar refractivity (Wildman–Crippen MR) is 182 cm³/mol. The molecule has 8 rings (SSSR count). The van der Waals surface area contributed by atoms with E-state index in [1.165, 1.54) is 66.4 Å². The highest BCUT2D eigenvalue weighted by molar-refractivity contribution is 6.88. The Labute approximate surface area is 254 Å². The van der Waals surface area contributed by atoms with E-state index in [0.717, 1.165) is 10.6 Å². The minimum Gasteiger partial charge on any atom is -0.0843 e. The summed E-state index contributed by atoms with van der Waals surface area (Å²) in [6.45, 7) is 7.22. The molecule has 1 spiro atoms. The van der Waals surface area contributed by atoms with Gasteiger partial charge in [0, 0.05) is 5.02 Å². The van der Waals surface area contributed by atoms with Gasteiger partial charge in [0.2, 0.25) is 0 Å². The first kappa shape index (κ1) is 25.5. The zero-order valence-electron chi connectivity index (χ0n) is 24.1. The van der Waals surface area contributed by atoms with Crippen LogP contribution in [0, 0.1) is 0 Å². The van der Waals surface area contributed by atoms with Crippen LogP contribution in [-0.2, 0) is 5.41 Å². The number of fused-ring (bicyclic) bond motifs is 10. The number of rotatable bonds is 3. The lowest BCUT2D eigenvalue weighted by atomic mass is 9.70. The van der Waals surface area contributed by atoms with Gasteiger partial charge in [-0.15, -0.1) is 0 Å². The molecule has 0 fully saturated rings. The molecule has 0 radical (unpaired) electrons. The topological polar surface area (TPSA) is 0 Å². The molecule has 0 amide bonds. The first-order chi connectivity index (χ1) is 20.4. The Hall–Kier alpha value is -4.17. The fourth-order valence-electron chi connectivity index (χ4n) is 7.33. The normalized spacial score (nSPS) is 13.9. The summed E-state index contributed by atoms with van der Waals surface area (Å²) < 4.78 is 0. The van der Waals surface area contributed by atoms with E-state index in [-0.39, 0.29) is 5.41 Å². The molecule has 2 heteroatoms. The molecule has 0 unspecified atom stereocenters. The van der Waals surface area contributed by atoms with Gasteiger partial charge in [0.1, 0.15) is 0 Å². The molecule has 0 bridgehead atoms. The van der Waals surface area contributed by atoms with Gasteiger partial charge < -0.3 is 0 Å². The lowest BCUT2D eigenvalue weighted by molar-refractivity contribution is 0.794. The van der Waals surface area contributed by atoms with Gasteiger partial charge in [0.05, 0.1) is 13.5 Å². The van der Waals surface area contributed by atoms with Crippen molar-refractivity contribution < 1.29 is 0 Å². The third kappa shape index (κ3) is 3.60. The third-order valence-corrected chi connectivity index (χ3v) is 11.6. The molecule has 0 aromatic heterocycles. The highest BCUT2D eigenvalue weighted by Gasteiger charge is 2.51. The second kappa shape index (κ2) is 9.16. The Morgan fingerprint density at radius 1 is 0.429 bits per heavy atom. The summed E-state index contributed by atoms with van der Waals surface area (Å²) in [5, 5.41) is 2.25. The maximum atomic E-state index is 6.45. The van der Waals surface area contributed by atoms with E-state index < -0.39 is 8.07 Å². The Kier molecular flexibility index (Phi) is 5.57. The molecule has 0 nitrogen and oxygen atoms in total. The van der Waals surface area contributed by atoms with E-state index in [9.17, 15) is 0 Å². The average molecular weight is 575 g/mol. The molecular formula is C40H31ClSi. The molecule has 2 aliphatic rings. The van der Waals surface area contributed by atoms with Crippen LogP contribution in [0.15, 0.2) is 133 Å². The third-order valence-electron chi connectivity index (χ3n) is 9.33. The molecule has 0 heterocycles. The number of benzene rings is 6. The Balaban J connectivity index is 1.42. The van der Waals surface area contributed by atoms with Crippen LogP contribution < -0.4 is 5.19 Å². The summed E-state index contributed by atoms with van der Waals surface area (Å²) in [4.78, 5) is 0. The molecule has 0 N–H and O–H groups in total. The van der Waals surface area contributed by atoms with E-state index in [2.05, 4.69) is 141 Å². The van der Waals surface area contributed by atoms with Crippen molar-refractivity contribution in [2.45, 2.75) is 25.1 Å². The van der Waals surface area contributed by atoms with Gasteiger partial charge in [-0.05, 0) is 91.0 Å². The largest absolute Gasteiger partial charge is 0.0843 e. The summed E-state index contributed by atoms with van der Waals surface area (Å²) in [5.41, 5.74) is 15.2. The van der Waals surface area contributed by atoms with Crippen LogP contribution in [0.25, 0.3) is 44.5 Å². The average Bonchev–Trinajstić information content (AvgIpc) is 3.47. The van der Waals surface area contributed by atoms with Crippen LogP contribution >= 0.6 is 11.6 Å². The number of hydrogen-bond donors (Lipinski definition) is 0. The van der Waals surface area contributed by atoms with Crippen molar-refractivity contribution in [1.82, 2.24) is 0 Å². The SMILES string of the molecule is C[Si](C)(C)c1ccc(-c2ccc3c(c2)C2(c4ccccc4-c4ccccc42)c2cc(-c4cccc(Cl)c4)ccc2-3)cc1. The molecule has 0 saturated heterocycles. The second-order valence-electron chi connectivity index (χ2n) is 12.7. The molecule has 202 valence electrons. The van der Waals surface area contributed by atoms with Crippen molar-refractivity contribution in [3.8, 4) is 44.5 Å². The zero-order valence-corrected chi connectivity index (χ0v) is 25.8. The molecule has 2 aliphatic carbocycles. The van der Waals surface area contributed by atoms with Crippen LogP contribution in [0.1, 0.15) is 22.3 Å². The van der Waals surface area contributed by atoms with E-state index in [4.69, 9.17) is 11.6 Å². The minimum atomic E-state index is -1.37. The smallest absolute Gasteiger partial charge is 0.0775 e. The summed E-state index contributed by atoms with van der Waals surface area (Å²) in [5.74, 6) is 0. The van der Waals surface area contributed by atoms with Crippen molar-refractivity contribution in [2.75, 3.05) is 0 Å². The fourth-order valence-corrected chi connectivity index (χ4v) is 8.69. The summed E-state index contributed by atoms with van der Waals surface area (Å²) >= 11 is 6.45. The highest BCUT2D eigenvalue weighted by Crippen LogP contribution is 2.63. The second-order valence-corrected chi connectivity index (χ2v) is 18.2. The molecular weight excluding hydrogens is 544 g/mol. The lowest BCUT2D eigenvalue weighted by Gasteiger charge is -2.31. The summed E-state index contributed by atoms with van der Waals surface area (Å²) in [6, 6.07) is 49.7. The molecule has 6 aromatic rings. The fraction of sp³-hybridized carbons (Fsp3) is 0.100. The Morgan fingerprint density at radius 3 is 1.45 bits per heavy atom. The van der Waals surface area contributed by atoms with Crippen LogP contribution in [0.5, 0.6) is 0 Å². The maximum absolute atomic E-state index is 6.45. The van der Waals surface area contributed by atoms with Crippen LogP contribution in [0.3, 0.4) is 0 Å². The van der Waals surface area contributed by atoms with Crippen LogP contribution in [0.4, 0.5) is 0 Å². The molecule has 0 saturated carbocycles. The van der Waals surface area contributed by atoms with Crippen molar-refractivity contribution >= 4 is 24.9 Å². The molecule has 0 atom stereocenters.